The summed E-state index contributed by atoms with van der Waals surface area (Å²) in [4.78, 5) is 24.4. The Bertz CT molecular complexity index is 649. The van der Waals surface area contributed by atoms with Crippen molar-refractivity contribution >= 4 is 11.9 Å². The molecule has 180 valence electrons. The van der Waals surface area contributed by atoms with E-state index in [9.17, 15) is 9.59 Å². The van der Waals surface area contributed by atoms with Gasteiger partial charge in [-0.2, -0.15) is 0 Å². The normalized spacial score (nSPS) is 13.2. The zero-order valence-electron chi connectivity index (χ0n) is 21.7. The summed E-state index contributed by atoms with van der Waals surface area (Å²) in [6, 6.07) is 0. The minimum Gasteiger partial charge on any atom is -0.462 e. The average molecular weight is 439 g/mol. The second kappa shape index (κ2) is 13.7. The minimum absolute atomic E-state index is 0.209. The predicted molar refractivity (Wildman–Crippen MR) is 127 cm³/mol. The van der Waals surface area contributed by atoms with Crippen LogP contribution in [0.4, 0.5) is 0 Å². The van der Waals surface area contributed by atoms with Crippen LogP contribution in [0.2, 0.25) is 0 Å². The molecule has 0 N–H and O–H groups in total. The van der Waals surface area contributed by atoms with E-state index < -0.39 is 0 Å². The lowest BCUT2D eigenvalue weighted by Crippen LogP contribution is -2.36. The number of carbonyl (C=O) groups is 2. The Balaban J connectivity index is 4.98. The Hall–Kier alpha value is -1.62. The quantitative estimate of drug-likeness (QED) is 0.231. The summed E-state index contributed by atoms with van der Waals surface area (Å²) >= 11 is 0. The summed E-state index contributed by atoms with van der Waals surface area (Å²) < 4.78 is 17.3. The van der Waals surface area contributed by atoms with Gasteiger partial charge in [-0.3, -0.25) is 0 Å². The fourth-order valence-electron chi connectivity index (χ4n) is 2.81. The number of unbranched alkanes of at least 4 members (excludes halogenated alkanes) is 1. The summed E-state index contributed by atoms with van der Waals surface area (Å²) in [5, 5.41) is 0. The van der Waals surface area contributed by atoms with Crippen LogP contribution in [-0.4, -0.2) is 38.4 Å². The summed E-state index contributed by atoms with van der Waals surface area (Å²) in [5.74, 6) is -0.531. The monoisotopic (exact) mass is 438 g/mol. The largest absolute Gasteiger partial charge is 0.462 e. The van der Waals surface area contributed by atoms with Crippen LogP contribution in [0.1, 0.15) is 94.9 Å². The number of allylic oxidation sites excluding steroid dienone is 2. The topological polar surface area (TPSA) is 61.8 Å². The lowest BCUT2D eigenvalue weighted by Gasteiger charge is -2.34. The van der Waals surface area contributed by atoms with Gasteiger partial charge in [-0.25, -0.2) is 9.59 Å². The Morgan fingerprint density at radius 1 is 0.710 bits per heavy atom. The minimum atomic E-state index is -0.308. The molecule has 0 aromatic carbocycles. The molecule has 0 fully saturated rings. The number of rotatable bonds is 14. The molecular formula is C26H46O5. The average Bonchev–Trinajstić information content (AvgIpc) is 2.72. The van der Waals surface area contributed by atoms with Crippen molar-refractivity contribution in [3.05, 3.63) is 22.3 Å². The van der Waals surface area contributed by atoms with Crippen molar-refractivity contribution < 1.29 is 23.8 Å². The van der Waals surface area contributed by atoms with Crippen LogP contribution in [0.5, 0.6) is 0 Å². The molecule has 0 saturated carbocycles. The van der Waals surface area contributed by atoms with Crippen LogP contribution in [0.3, 0.4) is 0 Å². The molecule has 0 aromatic heterocycles. The van der Waals surface area contributed by atoms with Crippen LogP contribution in [-0.2, 0) is 23.8 Å². The second-order valence-electron chi connectivity index (χ2n) is 10.0. The number of carbonyl (C=O) groups excluding carboxylic acids is 2. The maximum Gasteiger partial charge on any atom is 0.333 e. The van der Waals surface area contributed by atoms with Crippen molar-refractivity contribution in [3.63, 3.8) is 0 Å². The molecule has 0 aromatic rings. The van der Waals surface area contributed by atoms with Gasteiger partial charge in [0.2, 0.25) is 0 Å². The van der Waals surface area contributed by atoms with Gasteiger partial charge in [-0.1, -0.05) is 51.7 Å². The number of ether oxygens (including phenoxy) is 3. The molecule has 1 atom stereocenters. The highest BCUT2D eigenvalue weighted by Crippen LogP contribution is 2.31. The van der Waals surface area contributed by atoms with Gasteiger partial charge in [0.05, 0.1) is 26.4 Å². The van der Waals surface area contributed by atoms with E-state index in [0.717, 1.165) is 36.8 Å². The van der Waals surface area contributed by atoms with E-state index in [0.29, 0.717) is 37.6 Å². The number of esters is 2. The Labute approximate surface area is 190 Å². The van der Waals surface area contributed by atoms with Crippen LogP contribution < -0.4 is 0 Å². The zero-order chi connectivity index (χ0) is 24.2. The van der Waals surface area contributed by atoms with E-state index in [1.54, 1.807) is 13.8 Å². The first-order chi connectivity index (χ1) is 14.3. The highest BCUT2D eigenvalue weighted by Gasteiger charge is 2.32. The summed E-state index contributed by atoms with van der Waals surface area (Å²) in [7, 11) is 0. The van der Waals surface area contributed by atoms with Crippen molar-refractivity contribution in [2.24, 2.45) is 10.8 Å². The molecule has 0 amide bonds. The molecule has 0 bridgehead atoms. The Kier molecular flexibility index (Phi) is 13.0. The smallest absolute Gasteiger partial charge is 0.333 e. The molecule has 0 aliphatic heterocycles. The van der Waals surface area contributed by atoms with Crippen molar-refractivity contribution in [3.8, 4) is 0 Å². The summed E-state index contributed by atoms with van der Waals surface area (Å²) in [6.45, 7) is 21.1. The highest BCUT2D eigenvalue weighted by atomic mass is 16.5. The first kappa shape index (κ1) is 29.4. The van der Waals surface area contributed by atoms with Crippen molar-refractivity contribution in [1.82, 2.24) is 0 Å². The lowest BCUT2D eigenvalue weighted by molar-refractivity contribution is -0.146. The van der Waals surface area contributed by atoms with E-state index >= 15 is 0 Å². The molecule has 0 spiro atoms. The summed E-state index contributed by atoms with van der Waals surface area (Å²) in [5.41, 5.74) is 2.72. The van der Waals surface area contributed by atoms with E-state index in [1.807, 2.05) is 41.5 Å². The lowest BCUT2D eigenvalue weighted by atomic mass is 9.81. The molecule has 0 aliphatic carbocycles. The van der Waals surface area contributed by atoms with Crippen LogP contribution in [0, 0.1) is 10.8 Å². The SMILES string of the molecule is CCCCC(CC)(COCC(C)(C)COC(=O)C(C)=C(C)C)COC(=O)C(C)=C(C)C. The van der Waals surface area contributed by atoms with Crippen LogP contribution in [0.15, 0.2) is 22.3 Å². The molecule has 0 saturated heterocycles. The third kappa shape index (κ3) is 11.0. The van der Waals surface area contributed by atoms with Gasteiger partial charge in [0, 0.05) is 22.0 Å². The van der Waals surface area contributed by atoms with Gasteiger partial charge < -0.3 is 14.2 Å². The Morgan fingerprint density at radius 2 is 1.19 bits per heavy atom. The van der Waals surface area contributed by atoms with Crippen LogP contribution >= 0.6 is 0 Å². The molecule has 1 unspecified atom stereocenters. The zero-order valence-corrected chi connectivity index (χ0v) is 21.7. The van der Waals surface area contributed by atoms with E-state index in [4.69, 9.17) is 14.2 Å². The summed E-state index contributed by atoms with van der Waals surface area (Å²) in [6.07, 6.45) is 3.94. The van der Waals surface area contributed by atoms with Gasteiger partial charge in [0.25, 0.3) is 0 Å². The number of hydrogen-bond donors (Lipinski definition) is 0. The fraction of sp³-hybridized carbons (Fsp3) is 0.769. The predicted octanol–water partition coefficient (Wildman–Crippen LogP) is 6.41. The maximum atomic E-state index is 12.3. The molecule has 0 heterocycles. The molecule has 31 heavy (non-hydrogen) atoms. The first-order valence-electron chi connectivity index (χ1n) is 11.5. The standard InChI is InChI=1S/C26H46O5/c1-11-13-14-26(12-2,18-31-24(28)22(8)20(5)6)17-29-15-25(9,10)16-30-23(27)21(7)19(3)4/h11-18H2,1-10H3. The van der Waals surface area contributed by atoms with E-state index in [1.165, 1.54) is 0 Å². The molecule has 5 heteroatoms. The third-order valence-electron chi connectivity index (χ3n) is 5.93. The first-order valence-corrected chi connectivity index (χ1v) is 11.5. The Morgan fingerprint density at radius 3 is 1.61 bits per heavy atom. The van der Waals surface area contributed by atoms with Gasteiger partial charge in [-0.15, -0.1) is 0 Å². The third-order valence-corrected chi connectivity index (χ3v) is 5.93. The van der Waals surface area contributed by atoms with E-state index in [2.05, 4.69) is 13.8 Å². The van der Waals surface area contributed by atoms with Crippen LogP contribution in [0.25, 0.3) is 0 Å². The van der Waals surface area contributed by atoms with Crippen molar-refractivity contribution in [1.29, 1.82) is 0 Å². The molecule has 0 aliphatic rings. The van der Waals surface area contributed by atoms with Gasteiger partial charge in [0.15, 0.2) is 0 Å². The van der Waals surface area contributed by atoms with Gasteiger partial charge in [-0.05, 0) is 54.4 Å². The molecular weight excluding hydrogens is 392 g/mol. The van der Waals surface area contributed by atoms with Crippen molar-refractivity contribution in [2.45, 2.75) is 94.9 Å². The fourth-order valence-corrected chi connectivity index (χ4v) is 2.81. The van der Waals surface area contributed by atoms with Crippen molar-refractivity contribution in [2.75, 3.05) is 26.4 Å². The highest BCUT2D eigenvalue weighted by molar-refractivity contribution is 5.88. The maximum absolute atomic E-state index is 12.3. The molecule has 5 nitrogen and oxygen atoms in total. The van der Waals surface area contributed by atoms with Gasteiger partial charge in [0.1, 0.15) is 0 Å². The second-order valence-corrected chi connectivity index (χ2v) is 10.0. The molecule has 0 rings (SSSR count). The van der Waals surface area contributed by atoms with E-state index in [-0.39, 0.29) is 22.8 Å². The van der Waals surface area contributed by atoms with Gasteiger partial charge >= 0.3 is 11.9 Å². The number of hydrogen-bond acceptors (Lipinski definition) is 5. The molecule has 0 radical (unpaired) electrons.